The molecule has 142 valence electrons. The molecule has 1 heterocycles. The number of carbonyl (C=O) groups is 2. The smallest absolute Gasteiger partial charge is 0.271 e. The van der Waals surface area contributed by atoms with Crippen molar-refractivity contribution < 1.29 is 18.7 Å². The Balaban J connectivity index is 2.22. The number of aryl methyl sites for hydroxylation is 1. The Hall–Kier alpha value is -3.42. The van der Waals surface area contributed by atoms with Gasteiger partial charge in [-0.15, -0.1) is 0 Å². The lowest BCUT2D eigenvalue weighted by Crippen LogP contribution is -2.30. The molecule has 0 saturated carbocycles. The van der Waals surface area contributed by atoms with Gasteiger partial charge in [-0.3, -0.25) is 9.59 Å². The van der Waals surface area contributed by atoms with Crippen molar-refractivity contribution in [3.8, 4) is 5.75 Å². The third kappa shape index (κ3) is 5.27. The Labute approximate surface area is 156 Å². The van der Waals surface area contributed by atoms with Gasteiger partial charge in [0.15, 0.2) is 11.6 Å². The van der Waals surface area contributed by atoms with Gasteiger partial charge in [-0.25, -0.2) is 9.37 Å². The lowest BCUT2D eigenvalue weighted by molar-refractivity contribution is -0.118. The quantitative estimate of drug-likeness (QED) is 0.490. The number of hydrogen-bond acceptors (Lipinski definition) is 4. The maximum absolute atomic E-state index is 13.5. The molecule has 0 unspecified atom stereocenters. The fourth-order valence-electron chi connectivity index (χ4n) is 2.40. The maximum Gasteiger partial charge on any atom is 0.271 e. The molecule has 0 aliphatic heterocycles. The van der Waals surface area contributed by atoms with Gasteiger partial charge < -0.3 is 20.4 Å². The zero-order chi connectivity index (χ0) is 19.8. The number of hydrogen-bond donors (Lipinski definition) is 3. The van der Waals surface area contributed by atoms with E-state index < -0.39 is 11.7 Å². The first-order chi connectivity index (χ1) is 13.0. The Morgan fingerprint density at radius 3 is 2.81 bits per heavy atom. The van der Waals surface area contributed by atoms with Crippen molar-refractivity contribution in [3.05, 3.63) is 58.7 Å². The van der Waals surface area contributed by atoms with Crippen LogP contribution in [0.5, 0.6) is 5.75 Å². The highest BCUT2D eigenvalue weighted by atomic mass is 19.1. The van der Waals surface area contributed by atoms with Crippen LogP contribution in [0.25, 0.3) is 12.2 Å². The molecule has 1 aromatic carbocycles. The van der Waals surface area contributed by atoms with Gasteiger partial charge in [0, 0.05) is 11.4 Å². The van der Waals surface area contributed by atoms with Crippen molar-refractivity contribution in [1.29, 1.82) is 0 Å². The third-order valence-corrected chi connectivity index (χ3v) is 3.71. The molecule has 0 fully saturated rings. The molecule has 0 spiro atoms. The molecular formula is C19H21FN4O3. The number of aromatic amines is 1. The lowest BCUT2D eigenvalue weighted by Gasteiger charge is -2.09. The normalized spacial score (nSPS) is 11.9. The number of amides is 2. The van der Waals surface area contributed by atoms with E-state index >= 15 is 0 Å². The van der Waals surface area contributed by atoms with Crippen molar-refractivity contribution in [2.24, 2.45) is 0 Å². The van der Waals surface area contributed by atoms with Gasteiger partial charge in [0.2, 0.25) is 6.41 Å². The number of aromatic nitrogens is 2. The zero-order valence-corrected chi connectivity index (χ0v) is 15.3. The van der Waals surface area contributed by atoms with E-state index in [0.717, 1.165) is 17.8 Å². The first kappa shape index (κ1) is 19.9. The van der Waals surface area contributed by atoms with Crippen LogP contribution in [0.3, 0.4) is 0 Å². The second-order valence-corrected chi connectivity index (χ2v) is 5.62. The van der Waals surface area contributed by atoms with Crippen LogP contribution >= 0.6 is 0 Å². The number of nitrogens with one attached hydrogen (secondary N) is 3. The Morgan fingerprint density at radius 2 is 2.15 bits per heavy atom. The second-order valence-electron chi connectivity index (χ2n) is 5.62. The predicted octanol–water partition coefficient (Wildman–Crippen LogP) is 2.38. The van der Waals surface area contributed by atoms with Gasteiger partial charge >= 0.3 is 0 Å². The summed E-state index contributed by atoms with van der Waals surface area (Å²) in [5, 5.41) is 5.04. The van der Waals surface area contributed by atoms with Gasteiger partial charge in [0.05, 0.1) is 19.1 Å². The summed E-state index contributed by atoms with van der Waals surface area (Å²) in [6.07, 6.45) is 5.91. The van der Waals surface area contributed by atoms with Crippen molar-refractivity contribution in [3.63, 3.8) is 0 Å². The van der Waals surface area contributed by atoms with Crippen LogP contribution in [0.1, 0.15) is 30.8 Å². The molecule has 2 amide bonds. The molecule has 2 aromatic rings. The molecule has 0 aliphatic rings. The van der Waals surface area contributed by atoms with Crippen LogP contribution < -0.4 is 15.4 Å². The minimum absolute atomic E-state index is 0.00385. The van der Waals surface area contributed by atoms with Gasteiger partial charge in [-0.05, 0) is 43.2 Å². The average Bonchev–Trinajstić information content (AvgIpc) is 3.09. The van der Waals surface area contributed by atoms with Gasteiger partial charge in [0.25, 0.3) is 5.91 Å². The first-order valence-corrected chi connectivity index (χ1v) is 8.25. The molecule has 0 atom stereocenters. The summed E-state index contributed by atoms with van der Waals surface area (Å²) in [5.41, 5.74) is 2.73. The highest BCUT2D eigenvalue weighted by Gasteiger charge is 2.11. The number of nitrogens with zero attached hydrogens (tertiary/aromatic N) is 1. The molecule has 2 rings (SSSR count). The average molecular weight is 372 g/mol. The van der Waals surface area contributed by atoms with Crippen LogP contribution in [0.2, 0.25) is 0 Å². The summed E-state index contributed by atoms with van der Waals surface area (Å²) in [6, 6.07) is 4.11. The number of rotatable bonds is 8. The van der Waals surface area contributed by atoms with E-state index in [-0.39, 0.29) is 11.4 Å². The van der Waals surface area contributed by atoms with E-state index in [9.17, 15) is 14.0 Å². The van der Waals surface area contributed by atoms with E-state index in [0.29, 0.717) is 17.7 Å². The Bertz CT molecular complexity index is 887. The number of methoxy groups -OCH3 is 1. The maximum atomic E-state index is 13.5. The Kier molecular flexibility index (Phi) is 6.87. The van der Waals surface area contributed by atoms with Crippen LogP contribution in [-0.4, -0.2) is 29.4 Å². The van der Waals surface area contributed by atoms with E-state index in [1.54, 1.807) is 19.3 Å². The fourth-order valence-corrected chi connectivity index (χ4v) is 2.40. The largest absolute Gasteiger partial charge is 0.494 e. The van der Waals surface area contributed by atoms with Crippen LogP contribution in [0.4, 0.5) is 4.39 Å². The molecule has 0 aliphatic carbocycles. The molecule has 0 radical (unpaired) electrons. The minimum atomic E-state index is -0.521. The van der Waals surface area contributed by atoms with E-state index in [1.807, 2.05) is 6.92 Å². The minimum Gasteiger partial charge on any atom is -0.494 e. The second kappa shape index (κ2) is 9.33. The summed E-state index contributed by atoms with van der Waals surface area (Å²) in [7, 11) is 1.34. The van der Waals surface area contributed by atoms with Crippen LogP contribution in [-0.2, 0) is 16.0 Å². The first-order valence-electron chi connectivity index (χ1n) is 8.25. The SMILES string of the molecule is CCc1[nH]cnc1/C=C(/C)NC(=O)/C(=C/c1ccc(F)c(OC)c1)NC=O. The number of imidazole rings is 1. The summed E-state index contributed by atoms with van der Waals surface area (Å²) in [4.78, 5) is 30.6. The predicted molar refractivity (Wildman–Crippen MR) is 99.9 cm³/mol. The summed E-state index contributed by atoms with van der Waals surface area (Å²) < 4.78 is 18.4. The van der Waals surface area contributed by atoms with Crippen molar-refractivity contribution >= 4 is 24.5 Å². The van der Waals surface area contributed by atoms with Gasteiger partial charge in [-0.2, -0.15) is 0 Å². The third-order valence-electron chi connectivity index (χ3n) is 3.71. The summed E-state index contributed by atoms with van der Waals surface area (Å²) >= 11 is 0. The fraction of sp³-hybridized carbons (Fsp3) is 0.211. The van der Waals surface area contributed by atoms with Crippen molar-refractivity contribution in [1.82, 2.24) is 20.6 Å². The molecule has 3 N–H and O–H groups in total. The van der Waals surface area contributed by atoms with E-state index in [2.05, 4.69) is 20.6 Å². The number of carbonyl (C=O) groups excluding carboxylic acids is 2. The summed E-state index contributed by atoms with van der Waals surface area (Å²) in [5.74, 6) is -1.00. The summed E-state index contributed by atoms with van der Waals surface area (Å²) in [6.45, 7) is 3.70. The number of H-pyrrole nitrogens is 1. The van der Waals surface area contributed by atoms with Crippen LogP contribution in [0, 0.1) is 5.82 Å². The van der Waals surface area contributed by atoms with Crippen molar-refractivity contribution in [2.45, 2.75) is 20.3 Å². The number of benzene rings is 1. The van der Waals surface area contributed by atoms with Crippen LogP contribution in [0.15, 0.2) is 35.9 Å². The zero-order valence-electron chi connectivity index (χ0n) is 15.3. The lowest BCUT2D eigenvalue weighted by atomic mass is 10.1. The standard InChI is InChI=1S/C19H21FN4O3/c1-4-15-16(22-10-21-15)7-12(2)24-19(26)17(23-11-25)8-13-5-6-14(20)18(9-13)27-3/h5-11H,4H2,1-3H3,(H,21,22)(H,23,25)(H,24,26)/b12-7-,17-8-. The Morgan fingerprint density at radius 1 is 1.37 bits per heavy atom. The molecule has 0 bridgehead atoms. The van der Waals surface area contributed by atoms with Gasteiger partial charge in [0.1, 0.15) is 5.70 Å². The highest BCUT2D eigenvalue weighted by molar-refractivity contribution is 6.00. The van der Waals surface area contributed by atoms with Gasteiger partial charge in [-0.1, -0.05) is 13.0 Å². The highest BCUT2D eigenvalue weighted by Crippen LogP contribution is 2.19. The molecule has 8 heteroatoms. The molecule has 0 saturated heterocycles. The van der Waals surface area contributed by atoms with Crippen molar-refractivity contribution in [2.75, 3.05) is 7.11 Å². The molecule has 27 heavy (non-hydrogen) atoms. The molecule has 7 nitrogen and oxygen atoms in total. The monoisotopic (exact) mass is 372 g/mol. The number of allylic oxidation sites excluding steroid dienone is 1. The molecular weight excluding hydrogens is 351 g/mol. The number of ether oxygens (including phenoxy) is 1. The molecule has 1 aromatic heterocycles. The van der Waals surface area contributed by atoms with E-state index in [1.165, 1.54) is 31.4 Å². The number of halogens is 1. The topological polar surface area (TPSA) is 96.1 Å². The van der Waals surface area contributed by atoms with E-state index in [4.69, 9.17) is 4.74 Å².